The number of para-hydroxylation sites is 1. The van der Waals surface area contributed by atoms with E-state index in [0.717, 1.165) is 47.4 Å². The molecule has 0 saturated carbocycles. The summed E-state index contributed by atoms with van der Waals surface area (Å²) in [4.78, 5) is 40.1. The number of carbonyl (C=O) groups is 3. The Bertz CT molecular complexity index is 1700. The molecule has 3 aliphatic rings. The predicted octanol–water partition coefficient (Wildman–Crippen LogP) is 6.15. The van der Waals surface area contributed by atoms with Crippen LogP contribution in [0.25, 0.3) is 16.8 Å². The van der Waals surface area contributed by atoms with Crippen LogP contribution in [0.5, 0.6) is 11.5 Å². The number of likely N-dealkylation sites (tertiary alicyclic amines) is 1. The normalized spacial score (nSPS) is 23.1. The Labute approximate surface area is 268 Å². The van der Waals surface area contributed by atoms with Gasteiger partial charge in [-0.3, -0.25) is 9.59 Å². The number of amides is 3. The first-order chi connectivity index (χ1) is 22.3. The third kappa shape index (κ3) is 6.07. The van der Waals surface area contributed by atoms with Crippen LogP contribution in [0, 0.1) is 17.8 Å². The maximum absolute atomic E-state index is 13.6. The second-order valence-corrected chi connectivity index (χ2v) is 12.2. The van der Waals surface area contributed by atoms with Gasteiger partial charge in [-0.2, -0.15) is 4.90 Å². The Morgan fingerprint density at radius 2 is 1.74 bits per heavy atom. The van der Waals surface area contributed by atoms with Crippen LogP contribution < -0.4 is 4.74 Å². The van der Waals surface area contributed by atoms with Crippen molar-refractivity contribution >= 4 is 41.9 Å². The maximum Gasteiger partial charge on any atom is 0.455 e. The van der Waals surface area contributed by atoms with Crippen molar-refractivity contribution in [3.8, 4) is 11.5 Å². The number of rotatable bonds is 9. The van der Waals surface area contributed by atoms with E-state index in [1.54, 1.807) is 6.07 Å². The van der Waals surface area contributed by atoms with Crippen molar-refractivity contribution < 1.29 is 38.6 Å². The number of methoxy groups -OCH3 is 1. The van der Waals surface area contributed by atoms with Gasteiger partial charge in [0.1, 0.15) is 18.1 Å². The first-order valence-electron chi connectivity index (χ1n) is 15.9. The Morgan fingerprint density at radius 1 is 1.00 bits per heavy atom. The van der Waals surface area contributed by atoms with Crippen molar-refractivity contribution in [3.63, 3.8) is 0 Å². The predicted molar refractivity (Wildman–Crippen MR) is 174 cm³/mol. The van der Waals surface area contributed by atoms with Gasteiger partial charge in [0.15, 0.2) is 0 Å². The minimum Gasteiger partial charge on any atom is -0.507 e. The fourth-order valence-electron chi connectivity index (χ4n) is 7.41. The van der Waals surface area contributed by atoms with Gasteiger partial charge < -0.3 is 24.3 Å². The lowest BCUT2D eigenvalue weighted by Gasteiger charge is -2.43. The summed E-state index contributed by atoms with van der Waals surface area (Å²) >= 11 is 0. The van der Waals surface area contributed by atoms with Crippen LogP contribution in [0.4, 0.5) is 4.79 Å². The molecule has 9 nitrogen and oxygen atoms in total. The van der Waals surface area contributed by atoms with Crippen molar-refractivity contribution in [2.45, 2.75) is 51.5 Å². The number of nitrogens with zero attached hydrogens (tertiary/aromatic N) is 1. The molecule has 1 aliphatic carbocycles. The van der Waals surface area contributed by atoms with Crippen molar-refractivity contribution in [2.24, 2.45) is 17.8 Å². The SMILES string of the molecule is CCC/C(=C\c1ccc(O)c2ccccc12)CC[C@H]1OB(O)C[C@H]2C1=C(COc1ccccc1)C[C@H]1C(=O)N(C(=O)OC)C(=O)[C@H]12. The fraction of sp³-hybridized carbons (Fsp3) is 0.361. The number of phenols is 1. The van der Waals surface area contributed by atoms with Crippen molar-refractivity contribution in [2.75, 3.05) is 13.7 Å². The molecule has 0 bridgehead atoms. The number of allylic oxidation sites excluding steroid dienone is 1. The second-order valence-electron chi connectivity index (χ2n) is 12.2. The molecule has 2 aliphatic heterocycles. The maximum atomic E-state index is 13.6. The van der Waals surface area contributed by atoms with E-state index in [4.69, 9.17) is 14.1 Å². The summed E-state index contributed by atoms with van der Waals surface area (Å²) < 4.78 is 17.1. The number of aromatic hydroxyl groups is 1. The van der Waals surface area contributed by atoms with Crippen LogP contribution in [0.15, 0.2) is 83.4 Å². The molecule has 6 rings (SSSR count). The molecule has 3 aromatic rings. The quantitative estimate of drug-likeness (QED) is 0.165. The topological polar surface area (TPSA) is 123 Å². The molecule has 4 atom stereocenters. The number of imide groups is 3. The zero-order valence-corrected chi connectivity index (χ0v) is 26.1. The van der Waals surface area contributed by atoms with Crippen molar-refractivity contribution in [1.82, 2.24) is 4.90 Å². The summed E-state index contributed by atoms with van der Waals surface area (Å²) in [6.45, 7) is 2.31. The zero-order chi connectivity index (χ0) is 32.4. The van der Waals surface area contributed by atoms with E-state index in [1.165, 1.54) is 5.57 Å². The molecule has 2 saturated heterocycles. The number of fused-ring (bicyclic) bond motifs is 4. The molecule has 46 heavy (non-hydrogen) atoms. The summed E-state index contributed by atoms with van der Waals surface area (Å²) in [7, 11) is 0.00751. The van der Waals surface area contributed by atoms with Crippen LogP contribution >= 0.6 is 0 Å². The van der Waals surface area contributed by atoms with E-state index in [9.17, 15) is 24.5 Å². The van der Waals surface area contributed by atoms with Gasteiger partial charge in [0.05, 0.1) is 25.0 Å². The van der Waals surface area contributed by atoms with Gasteiger partial charge in [-0.15, -0.1) is 0 Å². The van der Waals surface area contributed by atoms with Gasteiger partial charge in [-0.1, -0.05) is 73.5 Å². The van der Waals surface area contributed by atoms with E-state index in [1.807, 2.05) is 60.7 Å². The highest BCUT2D eigenvalue weighted by atomic mass is 16.5. The highest BCUT2D eigenvalue weighted by Gasteiger charge is 2.59. The first kappa shape index (κ1) is 31.6. The summed E-state index contributed by atoms with van der Waals surface area (Å²) in [5, 5.41) is 23.1. The van der Waals surface area contributed by atoms with Crippen LogP contribution in [0.1, 0.15) is 44.6 Å². The lowest BCUT2D eigenvalue weighted by atomic mass is 9.58. The second kappa shape index (κ2) is 13.5. The molecule has 0 spiro atoms. The molecule has 0 unspecified atom stereocenters. The number of benzene rings is 3. The highest BCUT2D eigenvalue weighted by Crippen LogP contribution is 2.51. The standard InChI is InChI=1S/C36H38BNO8/c1-3-9-22(18-23-15-16-30(39)27-13-8-7-12-26(23)27)14-17-31-32-24(21-45-25-10-5-4-6-11-25)19-28-33(29(32)20-37(43)46-31)35(41)38(34(28)40)36(42)44-2/h4-8,10-13,15-16,18,28-29,31,33,39,43H,3,9,14,17,19-21H2,1-2H3/b22-18+/t28-,29+,31-,33-/m1/s1. The van der Waals surface area contributed by atoms with E-state index < -0.39 is 48.9 Å². The number of phenolic OH excluding ortho intramolecular Hbond substituents is 1. The Kier molecular flexibility index (Phi) is 9.28. The van der Waals surface area contributed by atoms with Crippen molar-refractivity contribution in [3.05, 3.63) is 89.0 Å². The number of ether oxygens (including phenoxy) is 2. The third-order valence-electron chi connectivity index (χ3n) is 9.41. The summed E-state index contributed by atoms with van der Waals surface area (Å²) in [5.41, 5.74) is 3.93. The Hall–Kier alpha value is -4.41. The monoisotopic (exact) mass is 623 g/mol. The Morgan fingerprint density at radius 3 is 2.48 bits per heavy atom. The van der Waals surface area contributed by atoms with Crippen LogP contribution in [-0.2, 0) is 19.0 Å². The van der Waals surface area contributed by atoms with Crippen LogP contribution in [0.3, 0.4) is 0 Å². The van der Waals surface area contributed by atoms with E-state index in [0.29, 0.717) is 23.5 Å². The molecule has 3 aromatic carbocycles. The van der Waals surface area contributed by atoms with E-state index in [-0.39, 0.29) is 25.1 Å². The molecule has 0 aromatic heterocycles. The van der Waals surface area contributed by atoms with E-state index in [2.05, 4.69) is 13.0 Å². The van der Waals surface area contributed by atoms with Gasteiger partial charge in [0.25, 0.3) is 0 Å². The average molecular weight is 624 g/mol. The molecule has 10 heteroatoms. The Balaban J connectivity index is 1.34. The molecule has 238 valence electrons. The third-order valence-corrected chi connectivity index (χ3v) is 9.41. The largest absolute Gasteiger partial charge is 0.507 e. The van der Waals surface area contributed by atoms with Crippen molar-refractivity contribution in [1.29, 1.82) is 0 Å². The number of hydrogen-bond donors (Lipinski definition) is 2. The van der Waals surface area contributed by atoms with E-state index >= 15 is 0 Å². The molecular formula is C36H38BNO8. The molecule has 2 fully saturated rings. The fourth-order valence-corrected chi connectivity index (χ4v) is 7.41. The molecule has 3 amide bonds. The summed E-state index contributed by atoms with van der Waals surface area (Å²) in [5.74, 6) is -2.31. The van der Waals surface area contributed by atoms with Gasteiger partial charge in [-0.25, -0.2) is 4.79 Å². The molecular weight excluding hydrogens is 585 g/mol. The molecule has 2 heterocycles. The molecule has 2 N–H and O–H groups in total. The average Bonchev–Trinajstić information content (AvgIpc) is 3.32. The van der Waals surface area contributed by atoms with Gasteiger partial charge in [0, 0.05) is 5.39 Å². The van der Waals surface area contributed by atoms with Gasteiger partial charge >= 0.3 is 13.2 Å². The number of hydrogen-bond acceptors (Lipinski definition) is 8. The van der Waals surface area contributed by atoms with Gasteiger partial charge in [-0.05, 0) is 78.2 Å². The van der Waals surface area contributed by atoms with Crippen LogP contribution in [0.2, 0.25) is 6.32 Å². The molecule has 0 radical (unpaired) electrons. The summed E-state index contributed by atoms with van der Waals surface area (Å²) in [6, 6.07) is 20.7. The van der Waals surface area contributed by atoms with Crippen LogP contribution in [-0.4, -0.2) is 59.9 Å². The van der Waals surface area contributed by atoms with Gasteiger partial charge in [0.2, 0.25) is 11.8 Å². The zero-order valence-electron chi connectivity index (χ0n) is 26.1. The smallest absolute Gasteiger partial charge is 0.455 e. The lowest BCUT2D eigenvalue weighted by Crippen LogP contribution is -2.46. The number of carbonyl (C=O) groups excluding carboxylic acids is 3. The summed E-state index contributed by atoms with van der Waals surface area (Å²) in [6.07, 6.45) is 4.02. The first-order valence-corrected chi connectivity index (χ1v) is 15.9. The lowest BCUT2D eigenvalue weighted by molar-refractivity contribution is -0.137. The minimum absolute atomic E-state index is 0.132. The highest BCUT2D eigenvalue weighted by molar-refractivity contribution is 6.43. The minimum atomic E-state index is -1.14.